The van der Waals surface area contributed by atoms with Crippen LogP contribution in [0.1, 0.15) is 240 Å². The molecule has 1 aliphatic rings. The van der Waals surface area contributed by atoms with Gasteiger partial charge in [-0.25, -0.2) is 8.37 Å². The van der Waals surface area contributed by atoms with E-state index >= 15 is 0 Å². The molecule has 0 saturated carbocycles. The van der Waals surface area contributed by atoms with Gasteiger partial charge in [-0.15, -0.1) is 0 Å². The van der Waals surface area contributed by atoms with Gasteiger partial charge in [0.05, 0.1) is 24.9 Å². The summed E-state index contributed by atoms with van der Waals surface area (Å²) in [5.74, 6) is 1.35. The van der Waals surface area contributed by atoms with Crippen molar-refractivity contribution in [3.8, 4) is 0 Å². The summed E-state index contributed by atoms with van der Waals surface area (Å²) in [7, 11) is -4.84. The Kier molecular flexibility index (Phi) is 44.5. The summed E-state index contributed by atoms with van der Waals surface area (Å²) in [6.45, 7) is 9.98. The molecule has 74 heavy (non-hydrogen) atoms. The minimum Gasteiger partial charge on any atom is -0.388 e. The summed E-state index contributed by atoms with van der Waals surface area (Å²) >= 11 is 0. The lowest BCUT2D eigenvalue weighted by atomic mass is 9.99. The first-order chi connectivity index (χ1) is 35.8. The van der Waals surface area contributed by atoms with Crippen LogP contribution in [-0.4, -0.2) is 84.2 Å². The summed E-state index contributed by atoms with van der Waals surface area (Å²) in [6, 6.07) is -1.12. The number of allylic oxidation sites excluding steroid dienone is 13. The Hall–Kier alpha value is -2.68. The van der Waals surface area contributed by atoms with Crippen LogP contribution in [0.2, 0.25) is 0 Å². The van der Waals surface area contributed by atoms with E-state index in [9.17, 15) is 33.6 Å². The van der Waals surface area contributed by atoms with E-state index in [0.717, 1.165) is 76.0 Å². The summed E-state index contributed by atoms with van der Waals surface area (Å²) in [5.41, 5.74) is 0. The Morgan fingerprint density at radius 1 is 0.541 bits per heavy atom. The zero-order chi connectivity index (χ0) is 54.3. The highest BCUT2D eigenvalue weighted by Crippen LogP contribution is 2.24. The van der Waals surface area contributed by atoms with Gasteiger partial charge in [0.2, 0.25) is 12.2 Å². The maximum Gasteiger partial charge on any atom is 0.402 e. The van der Waals surface area contributed by atoms with Crippen LogP contribution in [0.15, 0.2) is 85.1 Å². The van der Waals surface area contributed by atoms with Crippen LogP contribution < -0.4 is 5.32 Å². The SMILES string of the molecule is CC[C@@H](C)CCCCCCCCCC/C=C/[C@@H](O)[C@H](COS(=O)(=O)O[C@@H]1O[C@H](C)[C@H](O)C(O)C1O)NC(=O)CCC/C=C\CC/C=C\C/C=C\C/C=C\C/C=C\C/C=C\CCCCCCCCCCC[C@@H](C)CC. The van der Waals surface area contributed by atoms with E-state index in [1.807, 2.05) is 6.08 Å². The number of carbonyl (C=O) groups is 1. The van der Waals surface area contributed by atoms with Gasteiger partial charge in [0, 0.05) is 6.42 Å². The Bertz CT molecular complexity index is 1660. The molecule has 0 aromatic carbocycles. The van der Waals surface area contributed by atoms with Crippen molar-refractivity contribution in [2.75, 3.05) is 6.61 Å². The van der Waals surface area contributed by atoms with E-state index in [0.29, 0.717) is 12.8 Å². The molecule has 428 valence electrons. The molecule has 11 nitrogen and oxygen atoms in total. The van der Waals surface area contributed by atoms with Crippen molar-refractivity contribution in [1.29, 1.82) is 0 Å². The van der Waals surface area contributed by atoms with Gasteiger partial charge in [-0.2, -0.15) is 8.42 Å². The van der Waals surface area contributed by atoms with Crippen molar-refractivity contribution in [3.63, 3.8) is 0 Å². The molecule has 1 amide bonds. The van der Waals surface area contributed by atoms with Crippen LogP contribution in [0.4, 0.5) is 0 Å². The molecule has 0 aromatic rings. The average Bonchev–Trinajstić information content (AvgIpc) is 3.38. The lowest BCUT2D eigenvalue weighted by Gasteiger charge is -2.38. The molecular formula is C62H109NO10S. The highest BCUT2D eigenvalue weighted by Gasteiger charge is 2.44. The number of aliphatic hydroxyl groups is 4. The molecule has 1 heterocycles. The van der Waals surface area contributed by atoms with Crippen molar-refractivity contribution in [2.45, 2.75) is 283 Å². The lowest BCUT2D eigenvalue weighted by molar-refractivity contribution is -0.268. The first-order valence-electron chi connectivity index (χ1n) is 29.6. The molecule has 1 fully saturated rings. The zero-order valence-electron chi connectivity index (χ0n) is 47.3. The standard InChI is InChI=1S/C62H109NO10S/c1-6-53(3)48-44-40-36-32-28-26-24-22-20-18-16-14-12-10-8-9-11-13-15-17-19-21-23-25-27-29-35-39-43-47-51-58(65)63-56(52-71-74(69,70)73-62-61(68)60(67)59(66)55(5)72-62)57(64)50-46-42-38-34-31-30-33-37-41-45-49-54(4)7-2/h8,10-11,13-14,16-17,19,23,25,35,39,46,50,53-57,59-62,64,66-68H,6-7,9,12,15,18,20-22,24,26-34,36-38,40-45,47-49,51-52H2,1-5H3,(H,63,65)/b10-8-,13-11-,16-14-,19-17-,25-23-,39-35-,50-46+/t53-,54+,55+,56-,57+,59-,60?,61?,62-/m0/s1. The quantitative estimate of drug-likeness (QED) is 0.0292. The van der Waals surface area contributed by atoms with Crippen LogP contribution in [0.3, 0.4) is 0 Å². The minimum absolute atomic E-state index is 0.160. The molecule has 0 radical (unpaired) electrons. The fourth-order valence-corrected chi connectivity index (χ4v) is 9.37. The number of rotatable bonds is 48. The third-order valence-corrected chi connectivity index (χ3v) is 15.0. The molecule has 0 aromatic heterocycles. The van der Waals surface area contributed by atoms with Gasteiger partial charge in [-0.1, -0.05) is 235 Å². The van der Waals surface area contributed by atoms with Crippen LogP contribution in [0.25, 0.3) is 0 Å². The van der Waals surface area contributed by atoms with E-state index in [1.165, 1.54) is 135 Å². The van der Waals surface area contributed by atoms with Gasteiger partial charge >= 0.3 is 10.4 Å². The van der Waals surface area contributed by atoms with E-state index in [-0.39, 0.29) is 12.3 Å². The fourth-order valence-electron chi connectivity index (χ4n) is 8.61. The van der Waals surface area contributed by atoms with Crippen molar-refractivity contribution in [3.05, 3.63) is 85.1 Å². The lowest BCUT2D eigenvalue weighted by Crippen LogP contribution is -2.57. The molecule has 5 N–H and O–H groups in total. The number of amides is 1. The summed E-state index contributed by atoms with van der Waals surface area (Å²) in [5, 5.41) is 44.0. The third kappa shape index (κ3) is 39.7. The van der Waals surface area contributed by atoms with Gasteiger partial charge in [-0.05, 0) is 95.8 Å². The molecule has 0 aliphatic carbocycles. The molecule has 12 heteroatoms. The van der Waals surface area contributed by atoms with Gasteiger partial charge in [0.15, 0.2) is 0 Å². The largest absolute Gasteiger partial charge is 0.402 e. The molecule has 1 aliphatic heterocycles. The van der Waals surface area contributed by atoms with Gasteiger partial charge in [0.1, 0.15) is 18.3 Å². The average molecular weight is 1060 g/mol. The summed E-state index contributed by atoms with van der Waals surface area (Å²) in [6.07, 6.45) is 57.1. The second kappa shape index (κ2) is 47.5. The van der Waals surface area contributed by atoms with Gasteiger partial charge < -0.3 is 30.5 Å². The van der Waals surface area contributed by atoms with Crippen molar-refractivity contribution in [2.24, 2.45) is 11.8 Å². The van der Waals surface area contributed by atoms with Crippen LogP contribution in [0.5, 0.6) is 0 Å². The Balaban J connectivity index is 2.31. The number of aliphatic hydroxyl groups excluding tert-OH is 4. The topological polar surface area (TPSA) is 172 Å². The minimum atomic E-state index is -4.84. The zero-order valence-corrected chi connectivity index (χ0v) is 48.1. The summed E-state index contributed by atoms with van der Waals surface area (Å²) in [4.78, 5) is 13.0. The Morgan fingerprint density at radius 3 is 1.42 bits per heavy atom. The maximum absolute atomic E-state index is 13.0. The first-order valence-corrected chi connectivity index (χ1v) is 31.0. The van der Waals surface area contributed by atoms with Crippen molar-refractivity contribution >= 4 is 16.3 Å². The van der Waals surface area contributed by atoms with Crippen LogP contribution >= 0.6 is 0 Å². The van der Waals surface area contributed by atoms with Crippen LogP contribution in [-0.2, 0) is 28.3 Å². The van der Waals surface area contributed by atoms with Gasteiger partial charge in [-0.3, -0.25) is 4.79 Å². The first kappa shape index (κ1) is 69.3. The molecule has 2 unspecified atom stereocenters. The fraction of sp³-hybridized carbons (Fsp3) is 0.758. The number of carbonyl (C=O) groups excluding carboxylic acids is 1. The van der Waals surface area contributed by atoms with Crippen molar-refractivity contribution < 1.29 is 46.7 Å². The van der Waals surface area contributed by atoms with Gasteiger partial charge in [0.25, 0.3) is 0 Å². The molecule has 0 spiro atoms. The molecule has 9 atom stereocenters. The van der Waals surface area contributed by atoms with Crippen LogP contribution in [0, 0.1) is 11.8 Å². The molecule has 1 saturated heterocycles. The highest BCUT2D eigenvalue weighted by molar-refractivity contribution is 7.81. The van der Waals surface area contributed by atoms with E-state index in [1.54, 1.807) is 0 Å². The maximum atomic E-state index is 13.0. The summed E-state index contributed by atoms with van der Waals surface area (Å²) < 4.78 is 40.7. The normalized spacial score (nSPS) is 20.7. The number of nitrogens with one attached hydrogen (secondary N) is 1. The number of unbranched alkanes of at least 4 members (excludes halogenated alkanes) is 19. The Labute approximate surface area is 452 Å². The van der Waals surface area contributed by atoms with E-state index in [2.05, 4.69) is 106 Å². The highest BCUT2D eigenvalue weighted by atomic mass is 32.3. The number of hydrogen-bond donors (Lipinski definition) is 5. The number of hydrogen-bond acceptors (Lipinski definition) is 10. The Morgan fingerprint density at radius 2 is 0.932 bits per heavy atom. The third-order valence-electron chi connectivity index (χ3n) is 14.1. The predicted molar refractivity (Wildman–Crippen MR) is 308 cm³/mol. The second-order valence-corrected chi connectivity index (χ2v) is 22.2. The molecule has 1 rings (SSSR count). The smallest absolute Gasteiger partial charge is 0.388 e. The predicted octanol–water partition coefficient (Wildman–Crippen LogP) is 14.6. The molecular weight excluding hydrogens is 951 g/mol. The van der Waals surface area contributed by atoms with E-state index < -0.39 is 59.9 Å². The van der Waals surface area contributed by atoms with Crippen molar-refractivity contribution in [1.82, 2.24) is 5.32 Å². The number of ether oxygens (including phenoxy) is 1. The monoisotopic (exact) mass is 1060 g/mol. The molecule has 0 bridgehead atoms. The van der Waals surface area contributed by atoms with E-state index in [4.69, 9.17) is 13.1 Å². The second-order valence-electron chi connectivity index (χ2n) is 21.0.